The minimum atomic E-state index is -0.704. The van der Waals surface area contributed by atoms with E-state index >= 15 is 0 Å². The number of aliphatic hydroxyl groups is 1. The molecule has 0 aromatic carbocycles. The number of fused-ring (bicyclic) bond motifs is 2. The van der Waals surface area contributed by atoms with E-state index in [1.165, 1.54) is 32.1 Å². The lowest BCUT2D eigenvalue weighted by atomic mass is 9.77. The molecular formula is C22H36O3. The monoisotopic (exact) mass is 348 g/mol. The first-order valence-corrected chi connectivity index (χ1v) is 10.3. The van der Waals surface area contributed by atoms with E-state index in [-0.39, 0.29) is 12.5 Å². The van der Waals surface area contributed by atoms with Crippen molar-refractivity contribution in [3.05, 3.63) is 24.3 Å². The van der Waals surface area contributed by atoms with Gasteiger partial charge in [0.2, 0.25) is 0 Å². The lowest BCUT2D eigenvalue weighted by Crippen LogP contribution is -2.20. The molecule has 2 aliphatic rings. The van der Waals surface area contributed by atoms with Gasteiger partial charge in [0.1, 0.15) is 0 Å². The second-order valence-electron chi connectivity index (χ2n) is 8.02. The van der Waals surface area contributed by atoms with Crippen LogP contribution in [0.25, 0.3) is 0 Å². The van der Waals surface area contributed by atoms with Gasteiger partial charge >= 0.3 is 5.97 Å². The maximum Gasteiger partial charge on any atom is 0.303 e. The first-order chi connectivity index (χ1) is 12.1. The lowest BCUT2D eigenvalue weighted by Gasteiger charge is -2.28. The Bertz CT molecular complexity index is 454. The SMILES string of the molecule is CCCCC[C@@H](O)/C=C/[C@@H]1[C@H]2CC[C@H](C2)[C@H]1C/C=C\CCCC(=O)O. The zero-order valence-electron chi connectivity index (χ0n) is 15.8. The molecule has 3 nitrogen and oxygen atoms in total. The summed E-state index contributed by atoms with van der Waals surface area (Å²) in [6.07, 6.45) is 20.0. The van der Waals surface area contributed by atoms with E-state index in [1.807, 2.05) is 0 Å². The van der Waals surface area contributed by atoms with E-state index in [2.05, 4.69) is 31.2 Å². The minimum Gasteiger partial charge on any atom is -0.481 e. The van der Waals surface area contributed by atoms with Crippen LogP contribution in [0.3, 0.4) is 0 Å². The Kier molecular flexibility index (Phi) is 8.74. The molecule has 25 heavy (non-hydrogen) atoms. The fourth-order valence-corrected chi connectivity index (χ4v) is 4.80. The van der Waals surface area contributed by atoms with E-state index in [1.54, 1.807) is 0 Å². The van der Waals surface area contributed by atoms with Crippen molar-refractivity contribution in [3.8, 4) is 0 Å². The summed E-state index contributed by atoms with van der Waals surface area (Å²) in [5.41, 5.74) is 0. The molecular weight excluding hydrogens is 312 g/mol. The van der Waals surface area contributed by atoms with Gasteiger partial charge in [-0.2, -0.15) is 0 Å². The quantitative estimate of drug-likeness (QED) is 0.369. The molecule has 2 N–H and O–H groups in total. The van der Waals surface area contributed by atoms with E-state index < -0.39 is 5.97 Å². The number of hydrogen-bond acceptors (Lipinski definition) is 2. The molecule has 0 radical (unpaired) electrons. The summed E-state index contributed by atoms with van der Waals surface area (Å²) in [5.74, 6) is 2.30. The van der Waals surface area contributed by atoms with Crippen LogP contribution in [0.4, 0.5) is 0 Å². The summed E-state index contributed by atoms with van der Waals surface area (Å²) in [4.78, 5) is 10.5. The summed E-state index contributed by atoms with van der Waals surface area (Å²) in [7, 11) is 0. The molecule has 0 amide bonds. The molecule has 2 saturated carbocycles. The van der Waals surface area contributed by atoms with Crippen molar-refractivity contribution >= 4 is 5.97 Å². The first-order valence-electron chi connectivity index (χ1n) is 10.3. The zero-order chi connectivity index (χ0) is 18.1. The molecule has 0 saturated heterocycles. The van der Waals surface area contributed by atoms with Gasteiger partial charge in [-0.1, -0.05) is 50.5 Å². The van der Waals surface area contributed by atoms with E-state index in [0.29, 0.717) is 11.8 Å². The Morgan fingerprint density at radius 1 is 1.16 bits per heavy atom. The van der Waals surface area contributed by atoms with E-state index in [4.69, 9.17) is 5.11 Å². The topological polar surface area (TPSA) is 57.5 Å². The molecule has 0 spiro atoms. The third-order valence-corrected chi connectivity index (χ3v) is 6.15. The lowest BCUT2D eigenvalue weighted by molar-refractivity contribution is -0.137. The van der Waals surface area contributed by atoms with Crippen LogP contribution >= 0.6 is 0 Å². The van der Waals surface area contributed by atoms with Gasteiger partial charge in [-0.15, -0.1) is 0 Å². The highest BCUT2D eigenvalue weighted by atomic mass is 16.4. The number of carboxylic acid groups (broad SMARTS) is 1. The van der Waals surface area contributed by atoms with Gasteiger partial charge in [0.15, 0.2) is 0 Å². The number of hydrogen-bond donors (Lipinski definition) is 2. The van der Waals surface area contributed by atoms with Gasteiger partial charge in [0.05, 0.1) is 6.10 Å². The fourth-order valence-electron chi connectivity index (χ4n) is 4.80. The van der Waals surface area contributed by atoms with Crippen molar-refractivity contribution in [1.29, 1.82) is 0 Å². The summed E-state index contributed by atoms with van der Waals surface area (Å²) >= 11 is 0. The highest BCUT2D eigenvalue weighted by molar-refractivity contribution is 5.66. The average molecular weight is 349 g/mol. The van der Waals surface area contributed by atoms with Gasteiger partial charge in [-0.05, 0) is 68.6 Å². The molecule has 0 aliphatic heterocycles. The third-order valence-electron chi connectivity index (χ3n) is 6.15. The van der Waals surface area contributed by atoms with Crippen molar-refractivity contribution in [2.24, 2.45) is 23.7 Å². The molecule has 2 bridgehead atoms. The zero-order valence-corrected chi connectivity index (χ0v) is 15.8. The number of aliphatic hydroxyl groups excluding tert-OH is 1. The maximum atomic E-state index is 10.5. The molecule has 5 atom stereocenters. The van der Waals surface area contributed by atoms with Crippen LogP contribution in [0, 0.1) is 23.7 Å². The van der Waals surface area contributed by atoms with Crippen molar-refractivity contribution in [3.63, 3.8) is 0 Å². The van der Waals surface area contributed by atoms with Crippen molar-refractivity contribution in [1.82, 2.24) is 0 Å². The number of carbonyl (C=O) groups is 1. The standard InChI is InChI=1S/C22H36O3/c1-2-3-6-9-19(23)14-15-21-18-13-12-17(16-18)20(21)10-7-4-5-8-11-22(24)25/h4,7,14-15,17-21,23H,2-3,5-6,8-13,16H2,1H3,(H,24,25)/b7-4-,15-14+/t17-,18+,19-,20-,21-/m1/s1. The summed E-state index contributed by atoms with van der Waals surface area (Å²) in [6.45, 7) is 2.19. The van der Waals surface area contributed by atoms with E-state index in [0.717, 1.165) is 43.9 Å². The van der Waals surface area contributed by atoms with Gasteiger partial charge in [-0.25, -0.2) is 0 Å². The number of unbranched alkanes of at least 4 members (excludes halogenated alkanes) is 3. The van der Waals surface area contributed by atoms with Crippen LogP contribution in [-0.2, 0) is 4.79 Å². The van der Waals surface area contributed by atoms with Gasteiger partial charge in [-0.3, -0.25) is 4.79 Å². The molecule has 142 valence electrons. The maximum absolute atomic E-state index is 10.5. The Hall–Kier alpha value is -1.09. The Labute approximate surface area is 153 Å². The van der Waals surface area contributed by atoms with Gasteiger partial charge in [0, 0.05) is 6.42 Å². The largest absolute Gasteiger partial charge is 0.481 e. The highest BCUT2D eigenvalue weighted by Gasteiger charge is 2.45. The summed E-state index contributed by atoms with van der Waals surface area (Å²) in [5, 5.41) is 18.8. The molecule has 3 heteroatoms. The minimum absolute atomic E-state index is 0.264. The predicted octanol–water partition coefficient (Wildman–Crippen LogP) is 5.35. The normalized spacial score (nSPS) is 29.8. The number of aliphatic carboxylic acids is 1. The average Bonchev–Trinajstić information content (AvgIpc) is 3.17. The molecule has 0 aromatic heterocycles. The Morgan fingerprint density at radius 2 is 1.96 bits per heavy atom. The van der Waals surface area contributed by atoms with Crippen LogP contribution in [0.1, 0.15) is 77.6 Å². The van der Waals surface area contributed by atoms with Gasteiger partial charge < -0.3 is 10.2 Å². The predicted molar refractivity (Wildman–Crippen MR) is 102 cm³/mol. The highest BCUT2D eigenvalue weighted by Crippen LogP contribution is 2.54. The van der Waals surface area contributed by atoms with Crippen molar-refractivity contribution < 1.29 is 15.0 Å². The summed E-state index contributed by atoms with van der Waals surface area (Å²) < 4.78 is 0. The van der Waals surface area contributed by atoms with E-state index in [9.17, 15) is 9.90 Å². The third kappa shape index (κ3) is 6.62. The number of rotatable bonds is 12. The molecule has 0 aromatic rings. The molecule has 2 rings (SSSR count). The molecule has 0 unspecified atom stereocenters. The van der Waals surface area contributed by atoms with Crippen molar-refractivity contribution in [2.75, 3.05) is 0 Å². The second kappa shape index (κ2) is 10.8. The summed E-state index contributed by atoms with van der Waals surface area (Å²) in [6, 6.07) is 0. The van der Waals surface area contributed by atoms with Crippen LogP contribution in [0.5, 0.6) is 0 Å². The fraction of sp³-hybridized carbons (Fsp3) is 0.773. The Morgan fingerprint density at radius 3 is 2.72 bits per heavy atom. The number of allylic oxidation sites excluding steroid dienone is 3. The van der Waals surface area contributed by atoms with Crippen LogP contribution in [-0.4, -0.2) is 22.3 Å². The number of carboxylic acids is 1. The van der Waals surface area contributed by atoms with Crippen LogP contribution in [0.15, 0.2) is 24.3 Å². The van der Waals surface area contributed by atoms with Crippen LogP contribution < -0.4 is 0 Å². The second-order valence-corrected chi connectivity index (χ2v) is 8.02. The van der Waals surface area contributed by atoms with Crippen molar-refractivity contribution in [2.45, 2.75) is 83.7 Å². The molecule has 2 aliphatic carbocycles. The molecule has 0 heterocycles. The Balaban J connectivity index is 1.78. The van der Waals surface area contributed by atoms with Gasteiger partial charge in [0.25, 0.3) is 0 Å². The smallest absolute Gasteiger partial charge is 0.303 e. The van der Waals surface area contributed by atoms with Crippen LogP contribution in [0.2, 0.25) is 0 Å². The first kappa shape index (κ1) is 20.2. The molecule has 2 fully saturated rings.